The molecule has 2 amide bonds. The van der Waals surface area contributed by atoms with E-state index in [0.717, 1.165) is 38.2 Å². The average Bonchev–Trinajstić information content (AvgIpc) is 3.08. The van der Waals surface area contributed by atoms with Crippen molar-refractivity contribution in [3.63, 3.8) is 0 Å². The number of hydrogen-bond donors (Lipinski definition) is 1. The molecule has 1 aromatic rings. The van der Waals surface area contributed by atoms with Gasteiger partial charge in [-0.15, -0.1) is 11.3 Å². The maximum Gasteiger partial charge on any atom is 0.410 e. The summed E-state index contributed by atoms with van der Waals surface area (Å²) in [4.78, 5) is 33.3. The van der Waals surface area contributed by atoms with Crippen LogP contribution < -0.4 is 5.32 Å². The molecule has 29 heavy (non-hydrogen) atoms. The van der Waals surface area contributed by atoms with Gasteiger partial charge in [-0.1, -0.05) is 6.42 Å². The van der Waals surface area contributed by atoms with Crippen LogP contribution in [0.25, 0.3) is 0 Å². The van der Waals surface area contributed by atoms with E-state index >= 15 is 0 Å². The Morgan fingerprint density at radius 1 is 1.17 bits per heavy atom. The summed E-state index contributed by atoms with van der Waals surface area (Å²) in [7, 11) is 0. The number of piperidine rings is 2. The fourth-order valence-corrected chi connectivity index (χ4v) is 4.58. The zero-order valence-electron chi connectivity index (χ0n) is 17.9. The number of nitrogens with one attached hydrogen (secondary N) is 1. The lowest BCUT2D eigenvalue weighted by Gasteiger charge is -2.33. The summed E-state index contributed by atoms with van der Waals surface area (Å²) < 4.78 is 5.43. The van der Waals surface area contributed by atoms with Gasteiger partial charge >= 0.3 is 6.09 Å². The number of anilines is 1. The zero-order chi connectivity index (χ0) is 20.9. The van der Waals surface area contributed by atoms with Crippen molar-refractivity contribution >= 4 is 28.5 Å². The second kappa shape index (κ2) is 9.89. The molecule has 0 atom stereocenters. The first kappa shape index (κ1) is 22.0. The highest BCUT2D eigenvalue weighted by Gasteiger charge is 2.28. The fraction of sp³-hybridized carbons (Fsp3) is 0.762. The summed E-state index contributed by atoms with van der Waals surface area (Å²) in [6, 6.07) is 0. The standard InChI is InChI=1S/C21H34N4O3S/c1-21(2,3)28-20(27)25-11-7-16(8-12-25)13-18(26)23-19-22-17(15-29-19)14-24-9-5-4-6-10-24/h15-16H,4-14H2,1-3H3,(H,22,23,26). The molecule has 0 saturated carbocycles. The number of carbonyl (C=O) groups is 2. The van der Waals surface area contributed by atoms with Crippen molar-refractivity contribution < 1.29 is 14.3 Å². The monoisotopic (exact) mass is 422 g/mol. The topological polar surface area (TPSA) is 74.8 Å². The minimum Gasteiger partial charge on any atom is -0.444 e. The van der Waals surface area contributed by atoms with Crippen LogP contribution in [0.4, 0.5) is 9.93 Å². The molecule has 0 unspecified atom stereocenters. The molecule has 0 spiro atoms. The van der Waals surface area contributed by atoms with Crippen LogP contribution in [0, 0.1) is 5.92 Å². The van der Waals surface area contributed by atoms with E-state index in [0.29, 0.717) is 30.6 Å². The molecular weight excluding hydrogens is 388 g/mol. The SMILES string of the molecule is CC(C)(C)OC(=O)N1CCC(CC(=O)Nc2nc(CN3CCCCC3)cs2)CC1. The number of rotatable bonds is 5. The largest absolute Gasteiger partial charge is 0.444 e. The van der Waals surface area contributed by atoms with Crippen LogP contribution in [0.1, 0.15) is 65.0 Å². The van der Waals surface area contributed by atoms with Crippen LogP contribution >= 0.6 is 11.3 Å². The normalized spacial score (nSPS) is 19.2. The molecule has 0 aromatic carbocycles. The molecule has 7 nitrogen and oxygen atoms in total. The van der Waals surface area contributed by atoms with Crippen LogP contribution in [0.15, 0.2) is 5.38 Å². The van der Waals surface area contributed by atoms with Gasteiger partial charge in [0, 0.05) is 31.4 Å². The molecule has 0 aliphatic carbocycles. The van der Waals surface area contributed by atoms with Crippen LogP contribution in [0.3, 0.4) is 0 Å². The molecular formula is C21H34N4O3S. The van der Waals surface area contributed by atoms with Crippen LogP contribution in [-0.4, -0.2) is 58.6 Å². The third-order valence-corrected chi connectivity index (χ3v) is 6.18. The van der Waals surface area contributed by atoms with Crippen LogP contribution in [0.2, 0.25) is 0 Å². The number of thiazole rings is 1. The fourth-order valence-electron chi connectivity index (χ4n) is 3.86. The van der Waals surface area contributed by atoms with Gasteiger partial charge in [0.05, 0.1) is 5.69 Å². The van der Waals surface area contributed by atoms with Gasteiger partial charge in [-0.05, 0) is 65.5 Å². The maximum atomic E-state index is 12.4. The van der Waals surface area contributed by atoms with Gasteiger partial charge < -0.3 is 15.0 Å². The van der Waals surface area contributed by atoms with Crippen molar-refractivity contribution in [2.24, 2.45) is 5.92 Å². The Hall–Kier alpha value is -1.67. The lowest BCUT2D eigenvalue weighted by Crippen LogP contribution is -2.42. The molecule has 2 aliphatic rings. The average molecular weight is 423 g/mol. The number of nitrogens with zero attached hydrogens (tertiary/aromatic N) is 3. The summed E-state index contributed by atoms with van der Waals surface area (Å²) in [6.45, 7) is 10.1. The third-order valence-electron chi connectivity index (χ3n) is 5.37. The van der Waals surface area contributed by atoms with E-state index in [1.165, 1.54) is 30.6 Å². The summed E-state index contributed by atoms with van der Waals surface area (Å²) in [5, 5.41) is 5.69. The molecule has 2 saturated heterocycles. The Morgan fingerprint density at radius 3 is 2.52 bits per heavy atom. The predicted octanol–water partition coefficient (Wildman–Crippen LogP) is 4.10. The van der Waals surface area contributed by atoms with Crippen molar-refractivity contribution in [1.82, 2.24) is 14.8 Å². The Labute approximate surface area is 177 Å². The number of aromatic nitrogens is 1. The molecule has 8 heteroatoms. The minimum absolute atomic E-state index is 0.0135. The summed E-state index contributed by atoms with van der Waals surface area (Å²) in [5.41, 5.74) is 0.562. The molecule has 162 valence electrons. The Balaban J connectivity index is 1.38. The smallest absolute Gasteiger partial charge is 0.410 e. The van der Waals surface area contributed by atoms with Gasteiger partial charge in [0.15, 0.2) is 5.13 Å². The Morgan fingerprint density at radius 2 is 1.86 bits per heavy atom. The van der Waals surface area contributed by atoms with E-state index in [2.05, 4.69) is 15.2 Å². The Bertz CT molecular complexity index is 686. The lowest BCUT2D eigenvalue weighted by atomic mass is 9.93. The second-order valence-electron chi connectivity index (χ2n) is 9.14. The number of carbonyl (C=O) groups excluding carboxylic acids is 2. The first-order chi connectivity index (χ1) is 13.8. The summed E-state index contributed by atoms with van der Waals surface area (Å²) in [6.07, 6.45) is 5.72. The van der Waals surface area contributed by atoms with E-state index in [-0.39, 0.29) is 12.0 Å². The molecule has 3 rings (SSSR count). The number of likely N-dealkylation sites (tertiary alicyclic amines) is 2. The highest BCUT2D eigenvalue weighted by atomic mass is 32.1. The van der Waals surface area contributed by atoms with Crippen molar-refractivity contribution in [3.05, 3.63) is 11.1 Å². The third kappa shape index (κ3) is 7.26. The van der Waals surface area contributed by atoms with Crippen molar-refractivity contribution in [2.75, 3.05) is 31.5 Å². The summed E-state index contributed by atoms with van der Waals surface area (Å²) >= 11 is 1.50. The van der Waals surface area contributed by atoms with Crippen molar-refractivity contribution in [1.29, 1.82) is 0 Å². The quantitative estimate of drug-likeness (QED) is 0.773. The first-order valence-electron chi connectivity index (χ1n) is 10.7. The van der Waals surface area contributed by atoms with E-state index in [4.69, 9.17) is 4.74 Å². The van der Waals surface area contributed by atoms with Crippen molar-refractivity contribution in [3.8, 4) is 0 Å². The van der Waals surface area contributed by atoms with Gasteiger partial charge in [-0.3, -0.25) is 9.69 Å². The van der Waals surface area contributed by atoms with Gasteiger partial charge in [-0.25, -0.2) is 9.78 Å². The Kier molecular flexibility index (Phi) is 7.51. The molecule has 0 radical (unpaired) electrons. The highest BCUT2D eigenvalue weighted by Crippen LogP contribution is 2.24. The lowest BCUT2D eigenvalue weighted by molar-refractivity contribution is -0.117. The maximum absolute atomic E-state index is 12.4. The van der Waals surface area contributed by atoms with E-state index in [9.17, 15) is 9.59 Å². The van der Waals surface area contributed by atoms with Gasteiger partial charge in [0.2, 0.25) is 5.91 Å². The van der Waals surface area contributed by atoms with Gasteiger partial charge in [0.1, 0.15) is 5.60 Å². The number of ether oxygens (including phenoxy) is 1. The highest BCUT2D eigenvalue weighted by molar-refractivity contribution is 7.13. The molecule has 2 fully saturated rings. The van der Waals surface area contributed by atoms with Gasteiger partial charge in [-0.2, -0.15) is 0 Å². The predicted molar refractivity (Wildman–Crippen MR) is 115 cm³/mol. The second-order valence-corrected chi connectivity index (χ2v) is 10.0. The van der Waals surface area contributed by atoms with Crippen molar-refractivity contribution in [2.45, 2.75) is 71.4 Å². The van der Waals surface area contributed by atoms with Crippen LogP contribution in [0.5, 0.6) is 0 Å². The van der Waals surface area contributed by atoms with E-state index < -0.39 is 5.60 Å². The number of hydrogen-bond acceptors (Lipinski definition) is 6. The molecule has 0 bridgehead atoms. The van der Waals surface area contributed by atoms with E-state index in [1.807, 2.05) is 26.2 Å². The summed E-state index contributed by atoms with van der Waals surface area (Å²) in [5.74, 6) is 0.307. The van der Waals surface area contributed by atoms with Gasteiger partial charge in [0.25, 0.3) is 0 Å². The molecule has 1 N–H and O–H groups in total. The first-order valence-corrected chi connectivity index (χ1v) is 11.6. The number of amides is 2. The van der Waals surface area contributed by atoms with Crippen LogP contribution in [-0.2, 0) is 16.1 Å². The molecule has 2 aliphatic heterocycles. The molecule has 3 heterocycles. The van der Waals surface area contributed by atoms with E-state index in [1.54, 1.807) is 4.90 Å². The minimum atomic E-state index is -0.478. The molecule has 1 aromatic heterocycles. The zero-order valence-corrected chi connectivity index (χ0v) is 18.7.